The van der Waals surface area contributed by atoms with Crippen LogP contribution in [0, 0.1) is 12.8 Å². The van der Waals surface area contributed by atoms with Gasteiger partial charge in [0.25, 0.3) is 11.5 Å². The molecular formula is C16H20N4O2. The van der Waals surface area contributed by atoms with Gasteiger partial charge in [0.15, 0.2) is 0 Å². The first-order valence-electron chi connectivity index (χ1n) is 7.61. The molecule has 3 rings (SSSR count). The summed E-state index contributed by atoms with van der Waals surface area (Å²) in [6.07, 6.45) is 4.68. The minimum absolute atomic E-state index is 0.171. The van der Waals surface area contributed by atoms with E-state index in [1.54, 1.807) is 30.2 Å². The number of H-pyrrole nitrogens is 2. The van der Waals surface area contributed by atoms with E-state index in [1.807, 2.05) is 6.07 Å². The lowest BCUT2D eigenvalue weighted by atomic mass is 9.93. The monoisotopic (exact) mass is 300 g/mol. The molecule has 116 valence electrons. The van der Waals surface area contributed by atoms with Gasteiger partial charge in [-0.3, -0.25) is 14.7 Å². The van der Waals surface area contributed by atoms with Crippen LogP contribution < -0.4 is 5.56 Å². The van der Waals surface area contributed by atoms with E-state index in [1.165, 1.54) is 0 Å². The molecule has 1 amide bonds. The van der Waals surface area contributed by atoms with Crippen molar-refractivity contribution in [1.82, 2.24) is 20.1 Å². The average molecular weight is 300 g/mol. The summed E-state index contributed by atoms with van der Waals surface area (Å²) in [6.45, 7) is 3.20. The maximum Gasteiger partial charge on any atom is 0.260 e. The third-order valence-corrected chi connectivity index (χ3v) is 4.16. The molecule has 6 heteroatoms. The minimum Gasteiger partial charge on any atom is -0.338 e. The Labute approximate surface area is 128 Å². The highest BCUT2D eigenvalue weighted by molar-refractivity contribution is 5.93. The average Bonchev–Trinajstić information content (AvgIpc) is 3.00. The molecule has 6 nitrogen and oxygen atoms in total. The SMILES string of the molecule is Cc1ccc(C(=O)N2CCC[C@H](Cc3ccn[nH]3)C2)c(=O)[nH]1. The van der Waals surface area contributed by atoms with E-state index in [2.05, 4.69) is 15.2 Å². The van der Waals surface area contributed by atoms with Crippen LogP contribution in [-0.2, 0) is 6.42 Å². The van der Waals surface area contributed by atoms with Gasteiger partial charge in [0.1, 0.15) is 5.56 Å². The summed E-state index contributed by atoms with van der Waals surface area (Å²) in [6, 6.07) is 5.35. The number of piperidine rings is 1. The van der Waals surface area contributed by atoms with Gasteiger partial charge in [-0.2, -0.15) is 5.10 Å². The normalized spacial score (nSPS) is 18.4. The van der Waals surface area contributed by atoms with Crippen LogP contribution in [0.25, 0.3) is 0 Å². The predicted molar refractivity (Wildman–Crippen MR) is 82.7 cm³/mol. The first-order chi connectivity index (χ1) is 10.6. The fourth-order valence-electron chi connectivity index (χ4n) is 3.04. The van der Waals surface area contributed by atoms with Crippen molar-refractivity contribution in [2.45, 2.75) is 26.2 Å². The maximum atomic E-state index is 12.6. The molecule has 1 fully saturated rings. The van der Waals surface area contributed by atoms with Crippen LogP contribution in [0.5, 0.6) is 0 Å². The zero-order valence-corrected chi connectivity index (χ0v) is 12.6. The van der Waals surface area contributed by atoms with Crippen LogP contribution in [0.3, 0.4) is 0 Å². The maximum absolute atomic E-state index is 12.6. The summed E-state index contributed by atoms with van der Waals surface area (Å²) >= 11 is 0. The van der Waals surface area contributed by atoms with Crippen LogP contribution in [0.1, 0.15) is 34.6 Å². The van der Waals surface area contributed by atoms with Crippen molar-refractivity contribution in [3.05, 3.63) is 51.7 Å². The number of amides is 1. The molecule has 0 saturated carbocycles. The molecule has 2 aromatic heterocycles. The van der Waals surface area contributed by atoms with E-state index in [4.69, 9.17) is 0 Å². The van der Waals surface area contributed by atoms with Gasteiger partial charge in [-0.1, -0.05) is 0 Å². The molecule has 0 aliphatic carbocycles. The third kappa shape index (κ3) is 3.10. The molecule has 2 N–H and O–H groups in total. The number of rotatable bonds is 3. The van der Waals surface area contributed by atoms with Crippen molar-refractivity contribution in [2.24, 2.45) is 5.92 Å². The summed E-state index contributed by atoms with van der Waals surface area (Å²) in [4.78, 5) is 29.0. The zero-order valence-electron chi connectivity index (χ0n) is 12.6. The first kappa shape index (κ1) is 14.6. The number of nitrogens with one attached hydrogen (secondary N) is 2. The van der Waals surface area contributed by atoms with Gasteiger partial charge in [0, 0.05) is 30.7 Å². The van der Waals surface area contributed by atoms with Gasteiger partial charge in [-0.05, 0) is 50.3 Å². The Morgan fingerprint density at radius 2 is 2.27 bits per heavy atom. The van der Waals surface area contributed by atoms with E-state index in [9.17, 15) is 9.59 Å². The van der Waals surface area contributed by atoms with Gasteiger partial charge in [0.2, 0.25) is 0 Å². The molecule has 1 saturated heterocycles. The Morgan fingerprint density at radius 3 is 3.00 bits per heavy atom. The van der Waals surface area contributed by atoms with Gasteiger partial charge < -0.3 is 9.88 Å². The Hall–Kier alpha value is -2.37. The van der Waals surface area contributed by atoms with Gasteiger partial charge in [-0.15, -0.1) is 0 Å². The lowest BCUT2D eigenvalue weighted by Crippen LogP contribution is -2.42. The second-order valence-corrected chi connectivity index (χ2v) is 5.93. The van der Waals surface area contributed by atoms with Gasteiger partial charge in [0.05, 0.1) is 0 Å². The van der Waals surface area contributed by atoms with E-state index >= 15 is 0 Å². The van der Waals surface area contributed by atoms with Crippen molar-refractivity contribution >= 4 is 5.91 Å². The number of nitrogens with zero attached hydrogens (tertiary/aromatic N) is 2. The lowest BCUT2D eigenvalue weighted by Gasteiger charge is -2.32. The molecule has 1 atom stereocenters. The molecule has 2 aromatic rings. The summed E-state index contributed by atoms with van der Waals surface area (Å²) in [5.74, 6) is 0.234. The van der Waals surface area contributed by atoms with Crippen LogP contribution in [0.4, 0.5) is 0 Å². The van der Waals surface area contributed by atoms with Crippen molar-refractivity contribution in [1.29, 1.82) is 0 Å². The highest BCUT2D eigenvalue weighted by Gasteiger charge is 2.26. The molecule has 0 unspecified atom stereocenters. The topological polar surface area (TPSA) is 81.8 Å². The van der Waals surface area contributed by atoms with Crippen molar-refractivity contribution in [3.63, 3.8) is 0 Å². The van der Waals surface area contributed by atoms with Crippen LogP contribution in [-0.4, -0.2) is 39.1 Å². The molecule has 3 heterocycles. The van der Waals surface area contributed by atoms with Crippen LogP contribution in [0.2, 0.25) is 0 Å². The predicted octanol–water partition coefficient (Wildman–Crippen LogP) is 1.50. The number of aryl methyl sites for hydroxylation is 1. The summed E-state index contributed by atoms with van der Waals surface area (Å²) in [5.41, 5.74) is 1.78. The molecule has 22 heavy (non-hydrogen) atoms. The number of aromatic nitrogens is 3. The molecule has 1 aliphatic rings. The largest absolute Gasteiger partial charge is 0.338 e. The highest BCUT2D eigenvalue weighted by atomic mass is 16.2. The fraction of sp³-hybridized carbons (Fsp3) is 0.438. The molecule has 1 aliphatic heterocycles. The smallest absolute Gasteiger partial charge is 0.260 e. The Bertz CT molecular complexity index is 705. The molecule has 0 aromatic carbocycles. The second-order valence-electron chi connectivity index (χ2n) is 5.93. The Kier molecular flexibility index (Phi) is 4.09. The summed E-state index contributed by atoms with van der Waals surface area (Å²) < 4.78 is 0. The number of carbonyl (C=O) groups is 1. The molecular weight excluding hydrogens is 280 g/mol. The number of pyridine rings is 1. The number of likely N-dealkylation sites (tertiary alicyclic amines) is 1. The van der Waals surface area contributed by atoms with E-state index < -0.39 is 0 Å². The Morgan fingerprint density at radius 1 is 1.41 bits per heavy atom. The number of carbonyl (C=O) groups excluding carboxylic acids is 1. The standard InChI is InChI=1S/C16H20N4O2/c1-11-4-5-14(15(21)18-11)16(22)20-8-2-3-12(10-20)9-13-6-7-17-19-13/h4-7,12H,2-3,8-10H2,1H3,(H,17,19)(H,18,21)/t12-/m1/s1. The van der Waals surface area contributed by atoms with Crippen molar-refractivity contribution < 1.29 is 4.79 Å². The number of aromatic amines is 2. The van der Waals surface area contributed by atoms with Crippen LogP contribution in [0.15, 0.2) is 29.2 Å². The summed E-state index contributed by atoms with van der Waals surface area (Å²) in [7, 11) is 0. The number of hydrogen-bond donors (Lipinski definition) is 2. The Balaban J connectivity index is 1.71. The quantitative estimate of drug-likeness (QED) is 0.901. The van der Waals surface area contributed by atoms with Crippen LogP contribution >= 0.6 is 0 Å². The molecule has 0 spiro atoms. The zero-order chi connectivity index (χ0) is 15.5. The fourth-order valence-corrected chi connectivity index (χ4v) is 3.04. The third-order valence-electron chi connectivity index (χ3n) is 4.16. The number of hydrogen-bond acceptors (Lipinski definition) is 3. The first-order valence-corrected chi connectivity index (χ1v) is 7.61. The summed E-state index contributed by atoms with van der Waals surface area (Å²) in [5, 5.41) is 6.93. The lowest BCUT2D eigenvalue weighted by molar-refractivity contribution is 0.0671. The van der Waals surface area contributed by atoms with Gasteiger partial charge >= 0.3 is 0 Å². The van der Waals surface area contributed by atoms with E-state index in [0.29, 0.717) is 19.0 Å². The minimum atomic E-state index is -0.305. The van der Waals surface area contributed by atoms with E-state index in [-0.39, 0.29) is 17.0 Å². The van der Waals surface area contributed by atoms with E-state index in [0.717, 1.165) is 30.7 Å². The second kappa shape index (κ2) is 6.17. The van der Waals surface area contributed by atoms with Crippen molar-refractivity contribution in [2.75, 3.05) is 13.1 Å². The molecule has 0 radical (unpaired) electrons. The molecule has 0 bridgehead atoms. The highest BCUT2D eigenvalue weighted by Crippen LogP contribution is 2.21. The van der Waals surface area contributed by atoms with Crippen molar-refractivity contribution in [3.8, 4) is 0 Å². The van der Waals surface area contributed by atoms with Gasteiger partial charge in [-0.25, -0.2) is 0 Å².